The number of rotatable bonds is 4. The van der Waals surface area contributed by atoms with Crippen LogP contribution in [0.2, 0.25) is 0 Å². The van der Waals surface area contributed by atoms with Crippen LogP contribution in [0.25, 0.3) is 0 Å². The minimum absolute atomic E-state index is 0. The molecule has 1 aliphatic rings. The van der Waals surface area contributed by atoms with Gasteiger partial charge < -0.3 is 15.4 Å². The molecule has 1 aromatic rings. The number of benzene rings is 1. The first-order valence-electron chi connectivity index (χ1n) is 6.16. The highest BCUT2D eigenvalue weighted by Gasteiger charge is 2.16. The molecule has 1 aromatic carbocycles. The number of amides is 1. The number of carbonyl (C=O) groups excluding carboxylic acids is 1. The lowest BCUT2D eigenvalue weighted by Gasteiger charge is -2.23. The fourth-order valence-electron chi connectivity index (χ4n) is 1.96. The Bertz CT molecular complexity index is 436. The normalized spacial score (nSPS) is 18.2. The highest BCUT2D eigenvalue weighted by Crippen LogP contribution is 2.14. The summed E-state index contributed by atoms with van der Waals surface area (Å²) in [7, 11) is 0. The van der Waals surface area contributed by atoms with Crippen LogP contribution in [0.1, 0.15) is 12.0 Å². The average molecular weight is 368 g/mol. The number of ether oxygens (including phenoxy) is 1. The summed E-state index contributed by atoms with van der Waals surface area (Å²) in [5, 5.41) is 5.99. The van der Waals surface area contributed by atoms with Gasteiger partial charge in [-0.1, -0.05) is 15.9 Å². The zero-order valence-corrected chi connectivity index (χ0v) is 13.2. The summed E-state index contributed by atoms with van der Waals surface area (Å²) >= 11 is 3.22. The van der Waals surface area contributed by atoms with E-state index in [1.165, 1.54) is 12.1 Å². The number of morpholine rings is 1. The maximum absolute atomic E-state index is 13.2. The molecule has 0 aromatic heterocycles. The van der Waals surface area contributed by atoms with Crippen LogP contribution in [0.5, 0.6) is 0 Å². The summed E-state index contributed by atoms with van der Waals surface area (Å²) in [5.41, 5.74) is 0.730. The molecule has 7 heteroatoms. The largest absolute Gasteiger partial charge is 0.378 e. The lowest BCUT2D eigenvalue weighted by molar-refractivity contribution is -0.122. The number of halogens is 3. The first-order valence-corrected chi connectivity index (χ1v) is 6.95. The van der Waals surface area contributed by atoms with E-state index in [4.69, 9.17) is 4.74 Å². The fraction of sp³-hybridized carbons (Fsp3) is 0.462. The van der Waals surface area contributed by atoms with Crippen molar-refractivity contribution in [3.63, 3.8) is 0 Å². The Morgan fingerprint density at radius 3 is 2.95 bits per heavy atom. The molecule has 1 amide bonds. The van der Waals surface area contributed by atoms with E-state index in [0.29, 0.717) is 30.7 Å². The van der Waals surface area contributed by atoms with Crippen LogP contribution in [0.4, 0.5) is 4.39 Å². The van der Waals surface area contributed by atoms with Crippen molar-refractivity contribution >= 4 is 34.2 Å². The molecule has 112 valence electrons. The molecule has 1 unspecified atom stereocenters. The van der Waals surface area contributed by atoms with Crippen molar-refractivity contribution in [2.24, 2.45) is 0 Å². The molecule has 2 N–H and O–H groups in total. The van der Waals surface area contributed by atoms with E-state index in [1.54, 1.807) is 6.07 Å². The van der Waals surface area contributed by atoms with Gasteiger partial charge in [-0.15, -0.1) is 12.4 Å². The molecule has 0 radical (unpaired) electrons. The molecule has 1 atom stereocenters. The van der Waals surface area contributed by atoms with Crippen LogP contribution in [0.3, 0.4) is 0 Å². The van der Waals surface area contributed by atoms with Crippen LogP contribution in [0.15, 0.2) is 22.7 Å². The molecule has 0 saturated carbocycles. The summed E-state index contributed by atoms with van der Waals surface area (Å²) in [6.07, 6.45) is 0.372. The van der Waals surface area contributed by atoms with Crippen molar-refractivity contribution in [3.05, 3.63) is 34.1 Å². The van der Waals surface area contributed by atoms with E-state index in [0.717, 1.165) is 12.1 Å². The van der Waals surface area contributed by atoms with Gasteiger partial charge in [-0.25, -0.2) is 4.39 Å². The zero-order valence-electron chi connectivity index (χ0n) is 10.8. The molecule has 1 saturated heterocycles. The molecule has 1 aliphatic heterocycles. The third-order valence-electron chi connectivity index (χ3n) is 2.84. The van der Waals surface area contributed by atoms with Crippen molar-refractivity contribution in [3.8, 4) is 0 Å². The third-order valence-corrected chi connectivity index (χ3v) is 3.30. The zero-order chi connectivity index (χ0) is 13.7. The van der Waals surface area contributed by atoms with Gasteiger partial charge in [0.25, 0.3) is 0 Å². The first kappa shape index (κ1) is 17.4. The van der Waals surface area contributed by atoms with Gasteiger partial charge in [0.15, 0.2) is 0 Å². The average Bonchev–Trinajstić information content (AvgIpc) is 2.36. The summed E-state index contributed by atoms with van der Waals surface area (Å²) < 4.78 is 19.1. The highest BCUT2D eigenvalue weighted by atomic mass is 79.9. The lowest BCUT2D eigenvalue weighted by Crippen LogP contribution is -2.44. The molecule has 0 bridgehead atoms. The Labute approximate surface area is 132 Å². The van der Waals surface area contributed by atoms with Crippen LogP contribution < -0.4 is 10.6 Å². The van der Waals surface area contributed by atoms with Gasteiger partial charge in [-0.3, -0.25) is 4.79 Å². The molecule has 20 heavy (non-hydrogen) atoms. The second-order valence-corrected chi connectivity index (χ2v) is 5.40. The van der Waals surface area contributed by atoms with Gasteiger partial charge in [0.2, 0.25) is 5.91 Å². The van der Waals surface area contributed by atoms with E-state index in [2.05, 4.69) is 26.6 Å². The fourth-order valence-corrected chi connectivity index (χ4v) is 2.47. The second-order valence-electron chi connectivity index (χ2n) is 4.48. The number of hydrogen-bond acceptors (Lipinski definition) is 3. The van der Waals surface area contributed by atoms with E-state index in [1.807, 2.05) is 0 Å². The minimum Gasteiger partial charge on any atom is -0.378 e. The lowest BCUT2D eigenvalue weighted by atomic mass is 10.1. The van der Waals surface area contributed by atoms with Crippen LogP contribution >= 0.6 is 28.3 Å². The van der Waals surface area contributed by atoms with Gasteiger partial charge in [0.05, 0.1) is 13.2 Å². The quantitative estimate of drug-likeness (QED) is 0.856. The van der Waals surface area contributed by atoms with Gasteiger partial charge in [0, 0.05) is 30.0 Å². The molecule has 0 aliphatic carbocycles. The van der Waals surface area contributed by atoms with Crippen LogP contribution in [0, 0.1) is 5.82 Å². The molecular formula is C13H17BrClFN2O2. The van der Waals surface area contributed by atoms with Gasteiger partial charge in [-0.2, -0.15) is 0 Å². The third kappa shape index (κ3) is 5.75. The van der Waals surface area contributed by atoms with Crippen LogP contribution in [-0.4, -0.2) is 31.7 Å². The predicted octanol–water partition coefficient (Wildman–Crippen LogP) is 2.00. The maximum atomic E-state index is 13.2. The maximum Gasteiger partial charge on any atom is 0.221 e. The Morgan fingerprint density at radius 1 is 1.50 bits per heavy atom. The first-order chi connectivity index (χ1) is 9.13. The Kier molecular flexibility index (Phi) is 7.43. The molecule has 1 fully saturated rings. The molecular weight excluding hydrogens is 351 g/mol. The van der Waals surface area contributed by atoms with Gasteiger partial charge in [0.1, 0.15) is 5.82 Å². The summed E-state index contributed by atoms with van der Waals surface area (Å²) in [6, 6.07) is 4.64. The van der Waals surface area contributed by atoms with E-state index >= 15 is 0 Å². The number of nitrogens with one attached hydrogen (secondary N) is 2. The number of carbonyl (C=O) groups is 1. The van der Waals surface area contributed by atoms with E-state index < -0.39 is 0 Å². The van der Waals surface area contributed by atoms with Crippen molar-refractivity contribution in [2.75, 3.05) is 19.8 Å². The number of hydrogen-bond donors (Lipinski definition) is 2. The predicted molar refractivity (Wildman–Crippen MR) is 80.4 cm³/mol. The Hall–Kier alpha value is -0.690. The smallest absolute Gasteiger partial charge is 0.221 e. The molecule has 1 heterocycles. The van der Waals surface area contributed by atoms with Crippen molar-refractivity contribution < 1.29 is 13.9 Å². The molecule has 2 rings (SSSR count). The Balaban J connectivity index is 0.00000200. The van der Waals surface area contributed by atoms with Gasteiger partial charge in [-0.05, 0) is 23.8 Å². The van der Waals surface area contributed by atoms with Crippen molar-refractivity contribution in [2.45, 2.75) is 19.0 Å². The van der Waals surface area contributed by atoms with Crippen molar-refractivity contribution in [1.82, 2.24) is 10.6 Å². The van der Waals surface area contributed by atoms with Gasteiger partial charge >= 0.3 is 0 Å². The summed E-state index contributed by atoms with van der Waals surface area (Å²) in [6.45, 7) is 2.34. The summed E-state index contributed by atoms with van der Waals surface area (Å²) in [4.78, 5) is 11.7. The highest BCUT2D eigenvalue weighted by molar-refractivity contribution is 9.10. The minimum atomic E-state index is -0.319. The monoisotopic (exact) mass is 366 g/mol. The standard InChI is InChI=1S/C13H16BrFN2O2.ClH/c14-10-3-9(4-11(15)5-10)7-17-13(18)6-12-8-19-2-1-16-12;/h3-5,12,16H,1-2,6-8H2,(H,17,18);1H. The second kappa shape index (κ2) is 8.56. The van der Waals surface area contributed by atoms with Crippen molar-refractivity contribution in [1.29, 1.82) is 0 Å². The van der Waals surface area contributed by atoms with Crippen LogP contribution in [-0.2, 0) is 16.1 Å². The summed E-state index contributed by atoms with van der Waals surface area (Å²) in [5.74, 6) is -0.385. The van der Waals surface area contributed by atoms with E-state index in [-0.39, 0.29) is 30.2 Å². The topological polar surface area (TPSA) is 50.4 Å². The van der Waals surface area contributed by atoms with E-state index in [9.17, 15) is 9.18 Å². The molecule has 4 nitrogen and oxygen atoms in total. The SMILES string of the molecule is Cl.O=C(CC1COCCN1)NCc1cc(F)cc(Br)c1. The Morgan fingerprint density at radius 2 is 2.30 bits per heavy atom. The molecule has 0 spiro atoms.